The Hall–Kier alpha value is -3.22. The number of aromatic nitrogens is 3. The number of rotatable bonds is 8. The van der Waals surface area contributed by atoms with Crippen LogP contribution in [-0.2, 0) is 6.54 Å². The molecule has 4 N–H and O–H groups in total. The number of H-pyrrole nitrogens is 1. The van der Waals surface area contributed by atoms with E-state index in [1.807, 2.05) is 36.4 Å². The smallest absolute Gasteiger partial charge is 0.243 e. The van der Waals surface area contributed by atoms with Crippen molar-refractivity contribution in [2.45, 2.75) is 20.4 Å². The largest absolute Gasteiger partial charge is 0.457 e. The van der Waals surface area contributed by atoms with Crippen molar-refractivity contribution < 1.29 is 4.74 Å². The fraction of sp³-hybridized carbons (Fsp3) is 0.263. The van der Waals surface area contributed by atoms with Gasteiger partial charge in [-0.15, -0.1) is 5.10 Å². The van der Waals surface area contributed by atoms with E-state index in [1.54, 1.807) is 0 Å². The summed E-state index contributed by atoms with van der Waals surface area (Å²) < 4.78 is 6.14. The summed E-state index contributed by atoms with van der Waals surface area (Å²) in [6.45, 7) is 6.74. The molecule has 0 atom stereocenters. The van der Waals surface area contributed by atoms with E-state index in [9.17, 15) is 0 Å². The molecule has 136 valence electrons. The number of anilines is 3. The van der Waals surface area contributed by atoms with Gasteiger partial charge in [0.05, 0.1) is 0 Å². The zero-order valence-corrected chi connectivity index (χ0v) is 15.1. The van der Waals surface area contributed by atoms with Gasteiger partial charge in [-0.1, -0.05) is 24.3 Å². The maximum absolute atomic E-state index is 6.14. The van der Waals surface area contributed by atoms with E-state index in [4.69, 9.17) is 10.5 Å². The average Bonchev–Trinajstić information content (AvgIpc) is 3.08. The first-order chi connectivity index (χ1) is 12.7. The Morgan fingerprint density at radius 2 is 1.92 bits per heavy atom. The van der Waals surface area contributed by atoms with Gasteiger partial charge in [0.2, 0.25) is 11.9 Å². The third-order valence-corrected chi connectivity index (χ3v) is 4.09. The Bertz CT molecular complexity index is 843. The molecule has 2 aromatic carbocycles. The highest BCUT2D eigenvalue weighted by molar-refractivity contribution is 5.52. The first-order valence-corrected chi connectivity index (χ1v) is 8.72. The van der Waals surface area contributed by atoms with Crippen LogP contribution in [0.1, 0.15) is 19.4 Å². The standard InChI is InChI=1S/C19H24N6O/c1-3-25(4-2)15-9-7-10-16(12-15)26-17-11-6-5-8-14(17)13-21-19-22-18(20)23-24-19/h5-12H,3-4,13H2,1-2H3,(H4,20,21,22,23,24). The molecule has 7 heteroatoms. The van der Waals surface area contributed by atoms with Crippen molar-refractivity contribution in [3.05, 3.63) is 54.1 Å². The molecule has 1 aromatic heterocycles. The van der Waals surface area contributed by atoms with Crippen LogP contribution in [0.5, 0.6) is 11.5 Å². The third kappa shape index (κ3) is 4.24. The van der Waals surface area contributed by atoms with Crippen molar-refractivity contribution >= 4 is 17.6 Å². The number of hydrogen-bond acceptors (Lipinski definition) is 6. The van der Waals surface area contributed by atoms with Gasteiger partial charge >= 0.3 is 0 Å². The van der Waals surface area contributed by atoms with Crippen molar-refractivity contribution in [1.29, 1.82) is 0 Å². The Kier molecular flexibility index (Phi) is 5.58. The molecule has 7 nitrogen and oxygen atoms in total. The maximum Gasteiger partial charge on any atom is 0.243 e. The molecular weight excluding hydrogens is 328 g/mol. The number of hydrogen-bond donors (Lipinski definition) is 3. The summed E-state index contributed by atoms with van der Waals surface area (Å²) in [7, 11) is 0. The van der Waals surface area contributed by atoms with Gasteiger partial charge < -0.3 is 20.7 Å². The molecule has 0 saturated carbocycles. The molecule has 0 aliphatic rings. The Morgan fingerprint density at radius 1 is 1.12 bits per heavy atom. The zero-order valence-electron chi connectivity index (χ0n) is 15.1. The van der Waals surface area contributed by atoms with Crippen LogP contribution in [0.25, 0.3) is 0 Å². The Labute approximate surface area is 153 Å². The van der Waals surface area contributed by atoms with Crippen LogP contribution in [0.2, 0.25) is 0 Å². The van der Waals surface area contributed by atoms with E-state index in [0.29, 0.717) is 12.5 Å². The lowest BCUT2D eigenvalue weighted by atomic mass is 10.2. The van der Waals surface area contributed by atoms with Crippen molar-refractivity contribution in [3.63, 3.8) is 0 Å². The molecule has 3 rings (SSSR count). The van der Waals surface area contributed by atoms with Gasteiger partial charge in [-0.25, -0.2) is 5.10 Å². The summed E-state index contributed by atoms with van der Waals surface area (Å²) in [5.74, 6) is 2.34. The van der Waals surface area contributed by atoms with Crippen LogP contribution in [0.15, 0.2) is 48.5 Å². The highest BCUT2D eigenvalue weighted by atomic mass is 16.5. The summed E-state index contributed by atoms with van der Waals surface area (Å²) >= 11 is 0. The van der Waals surface area contributed by atoms with Crippen LogP contribution in [0, 0.1) is 0 Å². The van der Waals surface area contributed by atoms with Crippen LogP contribution in [0.3, 0.4) is 0 Å². The van der Waals surface area contributed by atoms with Gasteiger partial charge in [-0.2, -0.15) is 4.98 Å². The van der Waals surface area contributed by atoms with E-state index >= 15 is 0 Å². The SMILES string of the molecule is CCN(CC)c1cccc(Oc2ccccc2CNc2n[nH]c(N)n2)c1. The normalized spacial score (nSPS) is 10.5. The molecule has 0 saturated heterocycles. The van der Waals surface area contributed by atoms with Gasteiger partial charge in [0, 0.05) is 37.0 Å². The lowest BCUT2D eigenvalue weighted by Gasteiger charge is -2.21. The first-order valence-electron chi connectivity index (χ1n) is 8.72. The highest BCUT2D eigenvalue weighted by Gasteiger charge is 2.08. The number of ether oxygens (including phenoxy) is 1. The first kappa shape index (κ1) is 17.6. The second-order valence-corrected chi connectivity index (χ2v) is 5.78. The molecule has 0 amide bonds. The Balaban J connectivity index is 1.75. The van der Waals surface area contributed by atoms with E-state index in [1.165, 1.54) is 0 Å². The van der Waals surface area contributed by atoms with Crippen molar-refractivity contribution in [1.82, 2.24) is 15.2 Å². The fourth-order valence-corrected chi connectivity index (χ4v) is 2.74. The number of benzene rings is 2. The van der Waals surface area contributed by atoms with Gasteiger partial charge in [0.15, 0.2) is 0 Å². The van der Waals surface area contributed by atoms with Crippen molar-refractivity contribution in [2.24, 2.45) is 0 Å². The van der Waals surface area contributed by atoms with Crippen molar-refractivity contribution in [3.8, 4) is 11.5 Å². The third-order valence-electron chi connectivity index (χ3n) is 4.09. The van der Waals surface area contributed by atoms with Crippen molar-refractivity contribution in [2.75, 3.05) is 29.0 Å². The zero-order chi connectivity index (χ0) is 18.4. The summed E-state index contributed by atoms with van der Waals surface area (Å²) in [6.07, 6.45) is 0. The molecule has 0 radical (unpaired) electrons. The lowest BCUT2D eigenvalue weighted by Crippen LogP contribution is -2.21. The monoisotopic (exact) mass is 352 g/mol. The van der Waals surface area contributed by atoms with Gasteiger partial charge in [0.1, 0.15) is 11.5 Å². The molecule has 26 heavy (non-hydrogen) atoms. The van der Waals surface area contributed by atoms with E-state index < -0.39 is 0 Å². The topological polar surface area (TPSA) is 92.1 Å². The molecule has 0 spiro atoms. The Morgan fingerprint density at radius 3 is 2.65 bits per heavy atom. The van der Waals surface area contributed by atoms with Crippen LogP contribution >= 0.6 is 0 Å². The summed E-state index contributed by atoms with van der Waals surface area (Å²) in [5.41, 5.74) is 7.70. The predicted octanol–water partition coefficient (Wildman–Crippen LogP) is 3.64. The average molecular weight is 352 g/mol. The fourth-order valence-electron chi connectivity index (χ4n) is 2.74. The van der Waals surface area contributed by atoms with Gasteiger partial charge in [0.25, 0.3) is 0 Å². The molecule has 1 heterocycles. The summed E-state index contributed by atoms with van der Waals surface area (Å²) in [5, 5.41) is 9.72. The summed E-state index contributed by atoms with van der Waals surface area (Å²) in [6, 6.07) is 16.0. The number of nitrogens with one attached hydrogen (secondary N) is 2. The molecule has 0 bridgehead atoms. The highest BCUT2D eigenvalue weighted by Crippen LogP contribution is 2.28. The number of aromatic amines is 1. The predicted molar refractivity (Wildman–Crippen MR) is 105 cm³/mol. The molecule has 0 fully saturated rings. The number of nitrogens with zero attached hydrogens (tertiary/aromatic N) is 3. The molecule has 0 unspecified atom stereocenters. The minimum atomic E-state index is 0.283. The van der Waals surface area contributed by atoms with Gasteiger partial charge in [-0.3, -0.25) is 0 Å². The van der Waals surface area contributed by atoms with E-state index in [0.717, 1.165) is 35.8 Å². The van der Waals surface area contributed by atoms with Crippen LogP contribution in [0.4, 0.5) is 17.6 Å². The molecular formula is C19H24N6O. The molecule has 3 aromatic rings. The minimum Gasteiger partial charge on any atom is -0.457 e. The number of para-hydroxylation sites is 1. The minimum absolute atomic E-state index is 0.283. The molecule has 0 aliphatic carbocycles. The van der Waals surface area contributed by atoms with E-state index in [2.05, 4.69) is 51.4 Å². The number of nitrogen functional groups attached to an aromatic ring is 1. The quantitative estimate of drug-likeness (QED) is 0.573. The number of nitrogens with two attached hydrogens (primary N) is 1. The molecule has 0 aliphatic heterocycles. The summed E-state index contributed by atoms with van der Waals surface area (Å²) in [4.78, 5) is 6.33. The second kappa shape index (κ2) is 8.24. The van der Waals surface area contributed by atoms with E-state index in [-0.39, 0.29) is 5.95 Å². The maximum atomic E-state index is 6.14. The second-order valence-electron chi connectivity index (χ2n) is 5.78. The lowest BCUT2D eigenvalue weighted by molar-refractivity contribution is 0.477. The van der Waals surface area contributed by atoms with Gasteiger partial charge in [-0.05, 0) is 32.0 Å². The van der Waals surface area contributed by atoms with Crippen LogP contribution in [-0.4, -0.2) is 28.3 Å². The van der Waals surface area contributed by atoms with Crippen LogP contribution < -0.4 is 20.7 Å².